The van der Waals surface area contributed by atoms with Crippen LogP contribution in [-0.4, -0.2) is 17.8 Å². The molecule has 5 nitrogen and oxygen atoms in total. The van der Waals surface area contributed by atoms with Crippen molar-refractivity contribution in [3.05, 3.63) is 51.4 Å². The molecule has 1 aliphatic rings. The minimum atomic E-state index is -0.0390. The Morgan fingerprint density at radius 2 is 2.10 bits per heavy atom. The zero-order chi connectivity index (χ0) is 14.8. The maximum absolute atomic E-state index is 11.3. The number of aryl methyl sites for hydroxylation is 1. The van der Waals surface area contributed by atoms with E-state index in [9.17, 15) is 4.79 Å². The van der Waals surface area contributed by atoms with E-state index in [0.29, 0.717) is 36.3 Å². The SMILES string of the molecule is Cn1cc(NCc2cc(Cl)c3c(c2)OCCO3)ccc1=O. The first-order valence-corrected chi connectivity index (χ1v) is 7.00. The maximum Gasteiger partial charge on any atom is 0.250 e. The van der Waals surface area contributed by atoms with Crippen LogP contribution in [0.3, 0.4) is 0 Å². The summed E-state index contributed by atoms with van der Waals surface area (Å²) >= 11 is 6.20. The molecule has 0 atom stereocenters. The van der Waals surface area contributed by atoms with Crippen LogP contribution in [0.4, 0.5) is 5.69 Å². The van der Waals surface area contributed by atoms with E-state index >= 15 is 0 Å². The van der Waals surface area contributed by atoms with E-state index in [1.54, 1.807) is 19.3 Å². The highest BCUT2D eigenvalue weighted by Crippen LogP contribution is 2.38. The van der Waals surface area contributed by atoms with Gasteiger partial charge in [0.05, 0.1) is 10.7 Å². The molecule has 0 amide bonds. The van der Waals surface area contributed by atoms with Gasteiger partial charge in [-0.3, -0.25) is 4.79 Å². The first-order valence-electron chi connectivity index (χ1n) is 6.62. The molecule has 0 spiro atoms. The van der Waals surface area contributed by atoms with E-state index in [-0.39, 0.29) is 5.56 Å². The predicted octanol–water partition coefficient (Wildman–Crippen LogP) is 2.42. The number of nitrogens with zero attached hydrogens (tertiary/aromatic N) is 1. The Hall–Kier alpha value is -2.14. The summed E-state index contributed by atoms with van der Waals surface area (Å²) in [4.78, 5) is 11.3. The lowest BCUT2D eigenvalue weighted by atomic mass is 10.2. The van der Waals surface area contributed by atoms with E-state index in [1.807, 2.05) is 12.1 Å². The fourth-order valence-corrected chi connectivity index (χ4v) is 2.46. The standard InChI is InChI=1S/C15H15ClN2O3/c1-18-9-11(2-3-14(18)19)17-8-10-6-12(16)15-13(7-10)20-4-5-21-15/h2-3,6-7,9,17H,4-5,8H2,1H3. The number of anilines is 1. The van der Waals surface area contributed by atoms with Gasteiger partial charge in [-0.2, -0.15) is 0 Å². The molecule has 2 heterocycles. The van der Waals surface area contributed by atoms with Gasteiger partial charge in [0, 0.05) is 25.9 Å². The van der Waals surface area contributed by atoms with Crippen molar-refractivity contribution in [2.24, 2.45) is 7.05 Å². The van der Waals surface area contributed by atoms with Crippen molar-refractivity contribution in [3.8, 4) is 11.5 Å². The normalized spacial score (nSPS) is 13.0. The number of ether oxygens (including phenoxy) is 2. The van der Waals surface area contributed by atoms with E-state index in [0.717, 1.165) is 11.3 Å². The first kappa shape index (κ1) is 13.8. The predicted molar refractivity (Wildman–Crippen MR) is 81.5 cm³/mol. The molecule has 0 saturated heterocycles. The lowest BCUT2D eigenvalue weighted by Gasteiger charge is -2.20. The van der Waals surface area contributed by atoms with Crippen LogP contribution in [0.2, 0.25) is 5.02 Å². The number of aromatic nitrogens is 1. The number of benzene rings is 1. The molecule has 2 aromatic rings. The molecule has 0 unspecified atom stereocenters. The summed E-state index contributed by atoms with van der Waals surface area (Å²) in [7, 11) is 1.72. The lowest BCUT2D eigenvalue weighted by molar-refractivity contribution is 0.171. The van der Waals surface area contributed by atoms with Crippen molar-refractivity contribution in [3.63, 3.8) is 0 Å². The number of pyridine rings is 1. The van der Waals surface area contributed by atoms with E-state index in [2.05, 4.69) is 5.32 Å². The van der Waals surface area contributed by atoms with Gasteiger partial charge in [0.1, 0.15) is 13.2 Å². The summed E-state index contributed by atoms with van der Waals surface area (Å²) in [6.07, 6.45) is 1.75. The van der Waals surface area contributed by atoms with E-state index < -0.39 is 0 Å². The van der Waals surface area contributed by atoms with Gasteiger partial charge in [-0.05, 0) is 23.8 Å². The summed E-state index contributed by atoms with van der Waals surface area (Å²) in [5, 5.41) is 3.79. The molecule has 0 fully saturated rings. The largest absolute Gasteiger partial charge is 0.486 e. The molecule has 1 aliphatic heterocycles. The highest BCUT2D eigenvalue weighted by Gasteiger charge is 2.16. The Labute approximate surface area is 127 Å². The molecule has 1 N–H and O–H groups in total. The molecular formula is C15H15ClN2O3. The number of hydrogen-bond donors (Lipinski definition) is 1. The number of rotatable bonds is 3. The molecule has 0 radical (unpaired) electrons. The van der Waals surface area contributed by atoms with Crippen molar-refractivity contribution >= 4 is 17.3 Å². The van der Waals surface area contributed by atoms with Crippen molar-refractivity contribution in [1.29, 1.82) is 0 Å². The van der Waals surface area contributed by atoms with Crippen LogP contribution in [0.5, 0.6) is 11.5 Å². The minimum absolute atomic E-state index is 0.0390. The van der Waals surface area contributed by atoms with Crippen LogP contribution in [0.1, 0.15) is 5.56 Å². The Kier molecular flexibility index (Phi) is 3.75. The first-order chi connectivity index (χ1) is 10.1. The van der Waals surface area contributed by atoms with Gasteiger partial charge < -0.3 is 19.4 Å². The summed E-state index contributed by atoms with van der Waals surface area (Å²) in [6, 6.07) is 7.04. The number of fused-ring (bicyclic) bond motifs is 1. The second kappa shape index (κ2) is 5.69. The number of halogens is 1. The van der Waals surface area contributed by atoms with Gasteiger partial charge in [-0.25, -0.2) is 0 Å². The molecule has 0 saturated carbocycles. The molecule has 0 bridgehead atoms. The number of nitrogens with one attached hydrogen (secondary N) is 1. The van der Waals surface area contributed by atoms with Gasteiger partial charge in [-0.15, -0.1) is 0 Å². The lowest BCUT2D eigenvalue weighted by Crippen LogP contribution is -2.16. The Morgan fingerprint density at radius 3 is 2.90 bits per heavy atom. The molecular weight excluding hydrogens is 292 g/mol. The van der Waals surface area contributed by atoms with Crippen LogP contribution < -0.4 is 20.3 Å². The third-order valence-corrected chi connectivity index (χ3v) is 3.52. The molecule has 110 valence electrons. The van der Waals surface area contributed by atoms with Crippen LogP contribution in [0, 0.1) is 0 Å². The summed E-state index contributed by atoms with van der Waals surface area (Å²) in [6.45, 7) is 1.62. The second-order valence-electron chi connectivity index (χ2n) is 4.82. The van der Waals surface area contributed by atoms with Crippen molar-refractivity contribution in [1.82, 2.24) is 4.57 Å². The highest BCUT2D eigenvalue weighted by molar-refractivity contribution is 6.32. The fourth-order valence-electron chi connectivity index (χ4n) is 2.17. The molecule has 1 aromatic carbocycles. The van der Waals surface area contributed by atoms with Crippen LogP contribution >= 0.6 is 11.6 Å². The smallest absolute Gasteiger partial charge is 0.250 e. The fraction of sp³-hybridized carbons (Fsp3) is 0.267. The summed E-state index contributed by atoms with van der Waals surface area (Å²) in [5.41, 5.74) is 1.81. The monoisotopic (exact) mass is 306 g/mol. The van der Waals surface area contributed by atoms with E-state index in [1.165, 1.54) is 10.6 Å². The molecule has 1 aromatic heterocycles. The van der Waals surface area contributed by atoms with Crippen molar-refractivity contribution < 1.29 is 9.47 Å². The van der Waals surface area contributed by atoms with Crippen molar-refractivity contribution in [2.45, 2.75) is 6.54 Å². The topological polar surface area (TPSA) is 52.5 Å². The Morgan fingerprint density at radius 1 is 1.29 bits per heavy atom. The Balaban J connectivity index is 1.77. The average Bonchev–Trinajstić information content (AvgIpc) is 2.49. The van der Waals surface area contributed by atoms with Gasteiger partial charge in [0.2, 0.25) is 5.56 Å². The van der Waals surface area contributed by atoms with Crippen molar-refractivity contribution in [2.75, 3.05) is 18.5 Å². The quantitative estimate of drug-likeness (QED) is 0.946. The Bertz CT molecular complexity index is 727. The van der Waals surface area contributed by atoms with Gasteiger partial charge in [0.15, 0.2) is 11.5 Å². The highest BCUT2D eigenvalue weighted by atomic mass is 35.5. The maximum atomic E-state index is 11.3. The zero-order valence-corrected chi connectivity index (χ0v) is 12.3. The van der Waals surface area contributed by atoms with Crippen LogP contribution in [-0.2, 0) is 13.6 Å². The third-order valence-electron chi connectivity index (χ3n) is 3.24. The molecule has 6 heteroatoms. The third kappa shape index (κ3) is 2.97. The van der Waals surface area contributed by atoms with Gasteiger partial charge in [-0.1, -0.05) is 11.6 Å². The summed E-state index contributed by atoms with van der Waals surface area (Å²) < 4.78 is 12.6. The van der Waals surface area contributed by atoms with Crippen LogP contribution in [0.25, 0.3) is 0 Å². The molecule has 3 rings (SSSR count). The zero-order valence-electron chi connectivity index (χ0n) is 11.6. The molecule has 21 heavy (non-hydrogen) atoms. The van der Waals surface area contributed by atoms with Gasteiger partial charge in [0.25, 0.3) is 0 Å². The minimum Gasteiger partial charge on any atom is -0.486 e. The van der Waals surface area contributed by atoms with Gasteiger partial charge >= 0.3 is 0 Å². The van der Waals surface area contributed by atoms with E-state index in [4.69, 9.17) is 21.1 Å². The molecule has 0 aliphatic carbocycles. The second-order valence-corrected chi connectivity index (χ2v) is 5.23. The number of hydrogen-bond acceptors (Lipinski definition) is 4. The average molecular weight is 307 g/mol. The summed E-state index contributed by atoms with van der Waals surface area (Å²) in [5.74, 6) is 1.28. The van der Waals surface area contributed by atoms with Crippen LogP contribution in [0.15, 0.2) is 35.3 Å².